The lowest BCUT2D eigenvalue weighted by molar-refractivity contribution is -0.00896. The van der Waals surface area contributed by atoms with Gasteiger partial charge < -0.3 is 20.7 Å². The molecule has 7 nitrogen and oxygen atoms in total. The number of rotatable bonds is 4. The summed E-state index contributed by atoms with van der Waals surface area (Å²) in [7, 11) is 0. The van der Waals surface area contributed by atoms with Gasteiger partial charge in [-0.15, -0.1) is 0 Å². The van der Waals surface area contributed by atoms with Crippen LogP contribution >= 0.6 is 0 Å². The van der Waals surface area contributed by atoms with Crippen LogP contribution in [0.25, 0.3) is 33.3 Å². The number of hydrogen-bond donors (Lipinski definition) is 2. The zero-order chi connectivity index (χ0) is 25.5. The van der Waals surface area contributed by atoms with Crippen molar-refractivity contribution in [3.05, 3.63) is 78.1 Å². The molecule has 0 spiro atoms. The monoisotopic (exact) mass is 501 g/mol. The largest absolute Gasteiger partial charge is 0.373 e. The molecule has 0 saturated carbocycles. The van der Waals surface area contributed by atoms with Crippen molar-refractivity contribution in [1.82, 2.24) is 15.3 Å². The highest BCUT2D eigenvalue weighted by Gasteiger charge is 2.33. The maximum absolute atomic E-state index is 14.3. The van der Waals surface area contributed by atoms with Gasteiger partial charge in [0.15, 0.2) is 0 Å². The molecule has 9 heteroatoms. The molecule has 1 amide bonds. The van der Waals surface area contributed by atoms with Crippen LogP contribution in [-0.4, -0.2) is 54.3 Å². The number of nitrogens with zero attached hydrogens (tertiary/aromatic N) is 3. The van der Waals surface area contributed by atoms with E-state index in [1.165, 1.54) is 12.1 Å². The molecule has 2 aliphatic rings. The molecule has 0 radical (unpaired) electrons. The fourth-order valence-electron chi connectivity index (χ4n) is 5.31. The van der Waals surface area contributed by atoms with E-state index >= 15 is 0 Å². The van der Waals surface area contributed by atoms with Gasteiger partial charge in [-0.1, -0.05) is 12.1 Å². The van der Waals surface area contributed by atoms with Crippen LogP contribution in [0.2, 0.25) is 0 Å². The molecule has 2 fully saturated rings. The molecule has 188 valence electrons. The van der Waals surface area contributed by atoms with Gasteiger partial charge >= 0.3 is 0 Å². The Balaban J connectivity index is 1.54. The second kappa shape index (κ2) is 9.49. The topological polar surface area (TPSA) is 93.4 Å². The quantitative estimate of drug-likeness (QED) is 0.441. The summed E-state index contributed by atoms with van der Waals surface area (Å²) >= 11 is 0. The maximum Gasteiger partial charge on any atom is 0.267 e. The van der Waals surface area contributed by atoms with Crippen molar-refractivity contribution in [3.8, 4) is 22.4 Å². The highest BCUT2D eigenvalue weighted by molar-refractivity contribution is 6.01. The molecule has 0 bridgehead atoms. The fraction of sp³-hybridized carbons (Fsp3) is 0.250. The number of nitrogens with one attached hydrogen (secondary N) is 1. The molecule has 4 aromatic rings. The third kappa shape index (κ3) is 4.52. The van der Waals surface area contributed by atoms with Crippen LogP contribution in [0.15, 0.2) is 60.8 Å². The lowest BCUT2D eigenvalue weighted by Crippen LogP contribution is -2.57. The summed E-state index contributed by atoms with van der Waals surface area (Å²) in [6.07, 6.45) is 2.54. The third-order valence-electron chi connectivity index (χ3n) is 7.03. The average Bonchev–Trinajstić information content (AvgIpc) is 2.91. The number of carbonyl (C=O) groups excluding carboxylic acids is 1. The minimum Gasteiger partial charge on any atom is -0.373 e. The summed E-state index contributed by atoms with van der Waals surface area (Å²) in [5, 5.41) is 4.34. The summed E-state index contributed by atoms with van der Waals surface area (Å²) in [6, 6.07) is 14.6. The molecular weight excluding hydrogens is 476 g/mol. The van der Waals surface area contributed by atoms with E-state index in [1.807, 2.05) is 18.2 Å². The van der Waals surface area contributed by atoms with Gasteiger partial charge in [0.05, 0.1) is 29.6 Å². The molecule has 2 aromatic carbocycles. The summed E-state index contributed by atoms with van der Waals surface area (Å²) in [5.41, 5.74) is 9.57. The first-order valence-corrected chi connectivity index (χ1v) is 12.2. The van der Waals surface area contributed by atoms with Gasteiger partial charge in [-0.2, -0.15) is 0 Å². The van der Waals surface area contributed by atoms with Crippen molar-refractivity contribution in [2.75, 3.05) is 31.1 Å². The van der Waals surface area contributed by atoms with E-state index in [4.69, 9.17) is 10.5 Å². The Morgan fingerprint density at radius 1 is 1.08 bits per heavy atom. The highest BCUT2D eigenvalue weighted by Crippen LogP contribution is 2.40. The first-order chi connectivity index (χ1) is 18.0. The zero-order valence-electron chi connectivity index (χ0n) is 20.0. The van der Waals surface area contributed by atoms with Gasteiger partial charge in [-0.05, 0) is 48.4 Å². The molecule has 0 aliphatic carbocycles. The van der Waals surface area contributed by atoms with Crippen LogP contribution in [0.5, 0.6) is 0 Å². The second-order valence-corrected chi connectivity index (χ2v) is 9.39. The number of pyridine rings is 2. The molecule has 2 unspecified atom stereocenters. The van der Waals surface area contributed by atoms with E-state index in [1.54, 1.807) is 24.4 Å². The van der Waals surface area contributed by atoms with Crippen LogP contribution in [0, 0.1) is 11.6 Å². The summed E-state index contributed by atoms with van der Waals surface area (Å²) < 4.78 is 34.6. The van der Waals surface area contributed by atoms with Crippen LogP contribution in [0.1, 0.15) is 16.9 Å². The Labute approximate surface area is 212 Å². The van der Waals surface area contributed by atoms with Gasteiger partial charge in [-0.25, -0.2) is 13.8 Å². The van der Waals surface area contributed by atoms with Crippen LogP contribution in [-0.2, 0) is 4.74 Å². The van der Waals surface area contributed by atoms with E-state index in [9.17, 15) is 13.6 Å². The maximum atomic E-state index is 14.3. The number of primary amides is 1. The number of piperidine rings is 1. The molecule has 4 heterocycles. The van der Waals surface area contributed by atoms with E-state index in [0.717, 1.165) is 47.7 Å². The molecule has 6 rings (SSSR count). The normalized spacial score (nSPS) is 19.6. The standard InChI is InChI=1S/C28H25F2N5O2/c29-18-10-17(11-19(30)13-18)21-14-33-23-5-4-16(22-2-1-3-25(34-22)28(31)36)12-20(23)27(21)35-8-6-24-26(15-35)37-9-7-32-24/h1-5,10-14,24,26,32H,6-9,15H2,(H2,31,36). The fourth-order valence-corrected chi connectivity index (χ4v) is 5.31. The van der Waals surface area contributed by atoms with Crippen molar-refractivity contribution >= 4 is 22.5 Å². The van der Waals surface area contributed by atoms with Gasteiger partial charge in [0.25, 0.3) is 5.91 Å². The van der Waals surface area contributed by atoms with Crippen molar-refractivity contribution in [3.63, 3.8) is 0 Å². The first kappa shape index (κ1) is 23.4. The SMILES string of the molecule is NC(=O)c1cccc(-c2ccc3ncc(-c4cc(F)cc(F)c4)c(N4CCC5NCCOC5C4)c3c2)n1. The number of anilines is 1. The number of hydrogen-bond acceptors (Lipinski definition) is 6. The summed E-state index contributed by atoms with van der Waals surface area (Å²) in [4.78, 5) is 22.9. The molecular formula is C28H25F2N5O2. The number of fused-ring (bicyclic) bond motifs is 2. The van der Waals surface area contributed by atoms with Gasteiger partial charge in [-0.3, -0.25) is 9.78 Å². The average molecular weight is 502 g/mol. The molecule has 37 heavy (non-hydrogen) atoms. The van der Waals surface area contributed by atoms with Crippen molar-refractivity contribution < 1.29 is 18.3 Å². The van der Waals surface area contributed by atoms with Crippen LogP contribution in [0.4, 0.5) is 14.5 Å². The number of nitrogens with two attached hydrogens (primary N) is 1. The number of morpholine rings is 1. The molecule has 3 N–H and O–H groups in total. The van der Waals surface area contributed by atoms with E-state index < -0.39 is 17.5 Å². The van der Waals surface area contributed by atoms with Crippen molar-refractivity contribution in [2.24, 2.45) is 5.73 Å². The molecule has 2 aliphatic heterocycles. The van der Waals surface area contributed by atoms with Gasteiger partial charge in [0.1, 0.15) is 17.3 Å². The van der Waals surface area contributed by atoms with E-state index in [-0.39, 0.29) is 17.8 Å². The van der Waals surface area contributed by atoms with E-state index in [0.29, 0.717) is 30.0 Å². The first-order valence-electron chi connectivity index (χ1n) is 12.2. The predicted molar refractivity (Wildman–Crippen MR) is 137 cm³/mol. The number of amides is 1. The van der Waals surface area contributed by atoms with Gasteiger partial charge in [0.2, 0.25) is 0 Å². The number of carbonyl (C=O) groups is 1. The predicted octanol–water partition coefficient (Wildman–Crippen LogP) is 3.91. The second-order valence-electron chi connectivity index (χ2n) is 9.39. The Bertz CT molecular complexity index is 1490. The lowest BCUT2D eigenvalue weighted by atomic mass is 9.95. The highest BCUT2D eigenvalue weighted by atomic mass is 19.1. The number of ether oxygens (including phenoxy) is 1. The molecule has 2 aromatic heterocycles. The molecule has 2 saturated heterocycles. The Morgan fingerprint density at radius 2 is 1.92 bits per heavy atom. The van der Waals surface area contributed by atoms with Crippen molar-refractivity contribution in [2.45, 2.75) is 18.6 Å². The smallest absolute Gasteiger partial charge is 0.267 e. The van der Waals surface area contributed by atoms with E-state index in [2.05, 4.69) is 20.2 Å². The van der Waals surface area contributed by atoms with Gasteiger partial charge in [0, 0.05) is 54.5 Å². The Morgan fingerprint density at radius 3 is 2.73 bits per heavy atom. The Hall–Kier alpha value is -3.95. The summed E-state index contributed by atoms with van der Waals surface area (Å²) in [6.45, 7) is 2.83. The number of halogens is 2. The van der Waals surface area contributed by atoms with Crippen molar-refractivity contribution in [1.29, 1.82) is 0 Å². The van der Waals surface area contributed by atoms with Crippen LogP contribution < -0.4 is 16.0 Å². The number of benzene rings is 2. The zero-order valence-corrected chi connectivity index (χ0v) is 20.0. The number of aromatic nitrogens is 2. The molecule has 2 atom stereocenters. The minimum atomic E-state index is -0.652. The summed E-state index contributed by atoms with van der Waals surface area (Å²) in [5.74, 6) is -1.91. The third-order valence-corrected chi connectivity index (χ3v) is 7.03. The minimum absolute atomic E-state index is 0.0000849. The van der Waals surface area contributed by atoms with Crippen LogP contribution in [0.3, 0.4) is 0 Å². The lowest BCUT2D eigenvalue weighted by Gasteiger charge is -2.43. The Kier molecular flexibility index (Phi) is 6.02.